The van der Waals surface area contributed by atoms with Gasteiger partial charge in [0.25, 0.3) is 0 Å². The van der Waals surface area contributed by atoms with Crippen LogP contribution >= 0.6 is 0 Å². The van der Waals surface area contributed by atoms with E-state index in [1.807, 2.05) is 36.4 Å². The lowest BCUT2D eigenvalue weighted by Crippen LogP contribution is -2.09. The number of allylic oxidation sites excluding steroid dienone is 3. The number of fused-ring (bicyclic) bond motifs is 1. The molecule has 0 atom stereocenters. The largest absolute Gasteiger partial charge is 0.452 e. The minimum Gasteiger partial charge on any atom is -0.452 e. The highest BCUT2D eigenvalue weighted by Gasteiger charge is 2.28. The van der Waals surface area contributed by atoms with Crippen molar-refractivity contribution >= 4 is 22.0 Å². The third-order valence-corrected chi connectivity index (χ3v) is 5.48. The van der Waals surface area contributed by atoms with Crippen LogP contribution in [0, 0.1) is 0 Å². The number of rotatable bonds is 5. The lowest BCUT2D eigenvalue weighted by molar-refractivity contribution is 0.101. The molecule has 29 heavy (non-hydrogen) atoms. The highest BCUT2D eigenvalue weighted by Crippen LogP contribution is 2.35. The van der Waals surface area contributed by atoms with Gasteiger partial charge in [-0.1, -0.05) is 60.7 Å². The van der Waals surface area contributed by atoms with Gasteiger partial charge < -0.3 is 8.92 Å². The predicted octanol–water partition coefficient (Wildman–Crippen LogP) is 4.63. The van der Waals surface area contributed by atoms with Gasteiger partial charge in [-0.25, -0.2) is 0 Å². The summed E-state index contributed by atoms with van der Waals surface area (Å²) in [5, 5.41) is 0. The summed E-state index contributed by atoms with van der Waals surface area (Å²) >= 11 is 0. The Labute approximate surface area is 168 Å². The van der Waals surface area contributed by atoms with E-state index in [0.29, 0.717) is 5.56 Å². The van der Waals surface area contributed by atoms with Gasteiger partial charge in [-0.3, -0.25) is 4.79 Å². The standard InChI is InChI=1S/C23H16O5S/c24-23-20-15-14-18(28-29(25,26)19-11-5-2-6-12-19)16-22(20)27-21(23)13-7-10-17-8-3-1-4-9-17/h1-16H. The van der Waals surface area contributed by atoms with E-state index in [2.05, 4.69) is 0 Å². The molecule has 0 unspecified atom stereocenters. The second-order valence-corrected chi connectivity index (χ2v) is 7.79. The molecule has 0 spiro atoms. The first-order chi connectivity index (χ1) is 14.0. The number of ether oxygens (including phenoxy) is 1. The van der Waals surface area contributed by atoms with Crippen molar-refractivity contribution in [1.82, 2.24) is 0 Å². The summed E-state index contributed by atoms with van der Waals surface area (Å²) in [4.78, 5) is 12.5. The second-order valence-electron chi connectivity index (χ2n) is 6.24. The number of hydrogen-bond acceptors (Lipinski definition) is 5. The molecule has 0 bridgehead atoms. The van der Waals surface area contributed by atoms with Crippen LogP contribution < -0.4 is 8.92 Å². The van der Waals surface area contributed by atoms with Crippen molar-refractivity contribution in [2.45, 2.75) is 4.90 Å². The Morgan fingerprint density at radius 2 is 1.55 bits per heavy atom. The quantitative estimate of drug-likeness (QED) is 0.458. The smallest absolute Gasteiger partial charge is 0.339 e. The van der Waals surface area contributed by atoms with Crippen molar-refractivity contribution < 1.29 is 22.1 Å². The molecular weight excluding hydrogens is 388 g/mol. The zero-order chi connectivity index (χ0) is 20.3. The van der Waals surface area contributed by atoms with Gasteiger partial charge in [0, 0.05) is 6.07 Å². The van der Waals surface area contributed by atoms with Gasteiger partial charge in [-0.2, -0.15) is 8.42 Å². The van der Waals surface area contributed by atoms with Gasteiger partial charge >= 0.3 is 10.1 Å². The van der Waals surface area contributed by atoms with Crippen LogP contribution in [0.25, 0.3) is 6.08 Å². The molecule has 5 nitrogen and oxygen atoms in total. The summed E-state index contributed by atoms with van der Waals surface area (Å²) < 4.78 is 35.5. The molecular formula is C23H16O5S. The minimum absolute atomic E-state index is 0.0455. The SMILES string of the molecule is O=C1C(=CC=Cc2ccccc2)Oc2cc(OS(=O)(=O)c3ccccc3)ccc21. The summed E-state index contributed by atoms with van der Waals surface area (Å²) in [6, 6.07) is 21.8. The lowest BCUT2D eigenvalue weighted by atomic mass is 10.1. The maximum atomic E-state index is 12.5. The number of ketones is 1. The molecule has 0 fully saturated rings. The first-order valence-corrected chi connectivity index (χ1v) is 10.2. The maximum absolute atomic E-state index is 12.5. The first-order valence-electron chi connectivity index (χ1n) is 8.82. The van der Waals surface area contributed by atoms with Crippen LogP contribution in [0.2, 0.25) is 0 Å². The Kier molecular flexibility index (Phi) is 5.01. The minimum atomic E-state index is -3.97. The fourth-order valence-corrected chi connectivity index (χ4v) is 3.75. The summed E-state index contributed by atoms with van der Waals surface area (Å²) in [5.41, 5.74) is 1.35. The van der Waals surface area contributed by atoms with E-state index in [9.17, 15) is 13.2 Å². The fraction of sp³-hybridized carbons (Fsp3) is 0. The summed E-state index contributed by atoms with van der Waals surface area (Å²) in [6.45, 7) is 0. The van der Waals surface area contributed by atoms with Crippen molar-refractivity contribution in [1.29, 1.82) is 0 Å². The molecule has 3 aromatic carbocycles. The number of hydrogen-bond donors (Lipinski definition) is 0. The van der Waals surface area contributed by atoms with Crippen LogP contribution in [-0.2, 0) is 10.1 Å². The Balaban J connectivity index is 1.53. The molecule has 0 radical (unpaired) electrons. The summed E-state index contributed by atoms with van der Waals surface area (Å²) in [6.07, 6.45) is 5.16. The molecule has 1 heterocycles. The average molecular weight is 404 g/mol. The molecule has 0 amide bonds. The number of carbonyl (C=O) groups is 1. The molecule has 1 aliphatic heterocycles. The number of benzene rings is 3. The molecule has 1 aliphatic rings. The lowest BCUT2D eigenvalue weighted by Gasteiger charge is -2.07. The molecule has 0 aliphatic carbocycles. The van der Waals surface area contributed by atoms with Crippen LogP contribution in [0.1, 0.15) is 15.9 Å². The zero-order valence-electron chi connectivity index (χ0n) is 15.2. The fourth-order valence-electron chi connectivity index (χ4n) is 2.81. The van der Waals surface area contributed by atoms with E-state index in [-0.39, 0.29) is 27.9 Å². The number of carbonyl (C=O) groups excluding carboxylic acids is 1. The summed E-state index contributed by atoms with van der Waals surface area (Å²) in [5.74, 6) is 0.224. The predicted molar refractivity (Wildman–Crippen MR) is 109 cm³/mol. The Morgan fingerprint density at radius 3 is 2.28 bits per heavy atom. The van der Waals surface area contributed by atoms with E-state index in [0.717, 1.165) is 5.56 Å². The van der Waals surface area contributed by atoms with Gasteiger partial charge in [0.15, 0.2) is 5.76 Å². The van der Waals surface area contributed by atoms with E-state index in [1.165, 1.54) is 30.3 Å². The molecule has 0 aromatic heterocycles. The first kappa shape index (κ1) is 18.7. The highest BCUT2D eigenvalue weighted by molar-refractivity contribution is 7.87. The molecule has 0 saturated heterocycles. The highest BCUT2D eigenvalue weighted by atomic mass is 32.2. The Morgan fingerprint density at radius 1 is 0.862 bits per heavy atom. The normalized spacial score (nSPS) is 14.8. The molecule has 4 rings (SSSR count). The maximum Gasteiger partial charge on any atom is 0.339 e. The van der Waals surface area contributed by atoms with Crippen molar-refractivity contribution in [3.63, 3.8) is 0 Å². The average Bonchev–Trinajstić information content (AvgIpc) is 3.04. The zero-order valence-corrected chi connectivity index (χ0v) is 16.0. The van der Waals surface area contributed by atoms with Gasteiger partial charge in [0.2, 0.25) is 5.78 Å². The van der Waals surface area contributed by atoms with E-state index in [1.54, 1.807) is 30.4 Å². The third kappa shape index (κ3) is 4.12. The molecule has 0 N–H and O–H groups in total. The number of Topliss-reactive ketones (excluding diaryl/α,β-unsaturated/α-hetero) is 1. The van der Waals surface area contributed by atoms with E-state index < -0.39 is 10.1 Å². The topological polar surface area (TPSA) is 69.7 Å². The van der Waals surface area contributed by atoms with Crippen molar-refractivity contribution in [3.05, 3.63) is 108 Å². The second kappa shape index (κ2) is 7.77. The van der Waals surface area contributed by atoms with E-state index in [4.69, 9.17) is 8.92 Å². The van der Waals surface area contributed by atoms with Gasteiger partial charge in [-0.05, 0) is 35.9 Å². The summed E-state index contributed by atoms with van der Waals surface area (Å²) in [7, 11) is -3.97. The van der Waals surface area contributed by atoms with Gasteiger partial charge in [-0.15, -0.1) is 0 Å². The monoisotopic (exact) mass is 404 g/mol. The van der Waals surface area contributed by atoms with Crippen molar-refractivity contribution in [2.75, 3.05) is 0 Å². The third-order valence-electron chi connectivity index (χ3n) is 4.22. The van der Waals surface area contributed by atoms with Crippen LogP contribution in [-0.4, -0.2) is 14.2 Å². The van der Waals surface area contributed by atoms with E-state index >= 15 is 0 Å². The van der Waals surface area contributed by atoms with Gasteiger partial charge in [0.1, 0.15) is 16.4 Å². The Bertz CT molecular complexity index is 1210. The van der Waals surface area contributed by atoms with Crippen LogP contribution in [0.3, 0.4) is 0 Å². The van der Waals surface area contributed by atoms with Crippen molar-refractivity contribution in [3.8, 4) is 11.5 Å². The molecule has 144 valence electrons. The van der Waals surface area contributed by atoms with Gasteiger partial charge in [0.05, 0.1) is 5.56 Å². The van der Waals surface area contributed by atoms with Crippen LogP contribution in [0.15, 0.2) is 102 Å². The van der Waals surface area contributed by atoms with Crippen LogP contribution in [0.4, 0.5) is 0 Å². The molecule has 6 heteroatoms. The Hall–Kier alpha value is -3.64. The van der Waals surface area contributed by atoms with Crippen LogP contribution in [0.5, 0.6) is 11.5 Å². The molecule has 3 aromatic rings. The van der Waals surface area contributed by atoms with Crippen molar-refractivity contribution in [2.24, 2.45) is 0 Å². The molecule has 0 saturated carbocycles.